The van der Waals surface area contributed by atoms with E-state index in [9.17, 15) is 0 Å². The number of aromatic nitrogens is 1. The smallest absolute Gasteiger partial charge is 0.0665 e. The quantitative estimate of drug-likeness (QED) is 0.632. The van der Waals surface area contributed by atoms with Crippen molar-refractivity contribution in [2.24, 2.45) is 0 Å². The Morgan fingerprint density at radius 1 is 1.25 bits per heavy atom. The maximum Gasteiger partial charge on any atom is 0.0665 e. The molecule has 0 radical (unpaired) electrons. The Morgan fingerprint density at radius 2 is 2.00 bits per heavy atom. The van der Waals surface area contributed by atoms with Crippen LogP contribution in [0.25, 0.3) is 10.9 Å². The Morgan fingerprint density at radius 3 is 2.75 bits per heavy atom. The van der Waals surface area contributed by atoms with Crippen molar-refractivity contribution in [3.63, 3.8) is 0 Å². The zero-order chi connectivity index (χ0) is 8.72. The molecule has 0 spiro atoms. The highest BCUT2D eigenvalue weighted by Crippen LogP contribution is 2.33. The van der Waals surface area contributed by atoms with E-state index in [1.54, 1.807) is 12.3 Å². The summed E-state index contributed by atoms with van der Waals surface area (Å²) in [4.78, 5) is 2.99. The normalized spacial score (nSPS) is 10.8. The van der Waals surface area contributed by atoms with E-state index in [1.807, 2.05) is 6.07 Å². The molecule has 2 nitrogen and oxygen atoms in total. The van der Waals surface area contributed by atoms with Crippen LogP contribution in [0.1, 0.15) is 0 Å². The van der Waals surface area contributed by atoms with Gasteiger partial charge in [-0.2, -0.15) is 0 Å². The highest BCUT2D eigenvalue weighted by molar-refractivity contribution is 6.40. The number of nitrogens with two attached hydrogens (primary N) is 1. The number of hydrogen-bond acceptors (Lipinski definition) is 1. The van der Waals surface area contributed by atoms with E-state index in [1.165, 1.54) is 0 Å². The van der Waals surface area contributed by atoms with E-state index in [-0.39, 0.29) is 0 Å². The van der Waals surface area contributed by atoms with E-state index in [0.717, 1.165) is 10.9 Å². The van der Waals surface area contributed by atoms with Crippen LogP contribution in [0.15, 0.2) is 18.3 Å². The predicted octanol–water partition coefficient (Wildman–Crippen LogP) is 3.06. The van der Waals surface area contributed by atoms with Crippen molar-refractivity contribution in [1.29, 1.82) is 0 Å². The van der Waals surface area contributed by atoms with Crippen molar-refractivity contribution >= 4 is 39.8 Å². The van der Waals surface area contributed by atoms with Crippen LogP contribution < -0.4 is 5.73 Å². The predicted molar refractivity (Wildman–Crippen MR) is 52.7 cm³/mol. The summed E-state index contributed by atoms with van der Waals surface area (Å²) >= 11 is 11.7. The molecule has 0 aliphatic heterocycles. The number of H-pyrrole nitrogens is 1. The van der Waals surface area contributed by atoms with Crippen molar-refractivity contribution in [1.82, 2.24) is 4.98 Å². The van der Waals surface area contributed by atoms with Crippen LogP contribution >= 0.6 is 23.2 Å². The molecule has 0 saturated carbocycles. The van der Waals surface area contributed by atoms with Crippen molar-refractivity contribution in [2.45, 2.75) is 0 Å². The third-order valence-electron chi connectivity index (χ3n) is 1.79. The number of nitrogen functional groups attached to an aromatic ring is 1. The summed E-state index contributed by atoms with van der Waals surface area (Å²) in [5, 5.41) is 1.95. The molecule has 3 N–H and O–H groups in total. The zero-order valence-electron chi connectivity index (χ0n) is 6.07. The van der Waals surface area contributed by atoms with E-state index < -0.39 is 0 Å². The van der Waals surface area contributed by atoms with Gasteiger partial charge in [0.15, 0.2) is 0 Å². The Bertz CT molecular complexity index is 434. The van der Waals surface area contributed by atoms with Gasteiger partial charge in [-0.25, -0.2) is 0 Å². The van der Waals surface area contributed by atoms with Crippen molar-refractivity contribution in [2.75, 3.05) is 5.73 Å². The number of nitrogens with one attached hydrogen (secondary N) is 1. The van der Waals surface area contributed by atoms with Gasteiger partial charge in [-0.15, -0.1) is 0 Å². The number of benzene rings is 1. The number of aromatic amines is 1. The van der Waals surface area contributed by atoms with Gasteiger partial charge in [-0.3, -0.25) is 0 Å². The van der Waals surface area contributed by atoms with Gasteiger partial charge in [0.25, 0.3) is 0 Å². The van der Waals surface area contributed by atoms with Gasteiger partial charge in [-0.1, -0.05) is 23.2 Å². The van der Waals surface area contributed by atoms with Crippen LogP contribution in [0.2, 0.25) is 10.0 Å². The monoisotopic (exact) mass is 200 g/mol. The van der Waals surface area contributed by atoms with Crippen LogP contribution in [0.3, 0.4) is 0 Å². The summed E-state index contributed by atoms with van der Waals surface area (Å²) < 4.78 is 0. The maximum absolute atomic E-state index is 5.90. The second kappa shape index (κ2) is 2.57. The molecule has 2 rings (SSSR count). The number of halogens is 2. The van der Waals surface area contributed by atoms with Crippen LogP contribution in [-0.4, -0.2) is 4.98 Å². The second-order valence-corrected chi connectivity index (χ2v) is 3.33. The lowest BCUT2D eigenvalue weighted by Crippen LogP contribution is -1.87. The average Bonchev–Trinajstić information content (AvgIpc) is 2.48. The van der Waals surface area contributed by atoms with E-state index in [0.29, 0.717) is 15.7 Å². The highest BCUT2D eigenvalue weighted by atomic mass is 35.5. The first-order valence-corrected chi connectivity index (χ1v) is 4.16. The molecule has 0 amide bonds. The van der Waals surface area contributed by atoms with Crippen LogP contribution in [0, 0.1) is 0 Å². The largest absolute Gasteiger partial charge is 0.397 e. The average molecular weight is 201 g/mol. The van der Waals surface area contributed by atoms with Gasteiger partial charge in [0.1, 0.15) is 0 Å². The number of hydrogen-bond donors (Lipinski definition) is 2. The fourth-order valence-corrected chi connectivity index (χ4v) is 1.71. The summed E-state index contributed by atoms with van der Waals surface area (Å²) in [6, 6.07) is 3.49. The molecule has 0 atom stereocenters. The Labute approximate surface area is 79.3 Å². The highest BCUT2D eigenvalue weighted by Gasteiger charge is 2.06. The van der Waals surface area contributed by atoms with E-state index >= 15 is 0 Å². The lowest BCUT2D eigenvalue weighted by molar-refractivity contribution is 1.48. The van der Waals surface area contributed by atoms with Gasteiger partial charge < -0.3 is 10.7 Å². The molecule has 4 heteroatoms. The van der Waals surface area contributed by atoms with Gasteiger partial charge >= 0.3 is 0 Å². The maximum atomic E-state index is 5.90. The first-order valence-electron chi connectivity index (χ1n) is 3.40. The van der Waals surface area contributed by atoms with Gasteiger partial charge in [-0.05, 0) is 12.1 Å². The third kappa shape index (κ3) is 0.958. The van der Waals surface area contributed by atoms with Crippen molar-refractivity contribution < 1.29 is 0 Å². The van der Waals surface area contributed by atoms with Crippen molar-refractivity contribution in [3.05, 3.63) is 28.4 Å². The zero-order valence-corrected chi connectivity index (χ0v) is 7.58. The fraction of sp³-hybridized carbons (Fsp3) is 0. The molecule has 1 aromatic carbocycles. The molecule has 12 heavy (non-hydrogen) atoms. The van der Waals surface area contributed by atoms with E-state index in [2.05, 4.69) is 4.98 Å². The topological polar surface area (TPSA) is 41.8 Å². The minimum absolute atomic E-state index is 0.493. The van der Waals surface area contributed by atoms with Gasteiger partial charge in [0.05, 0.1) is 21.2 Å². The fourth-order valence-electron chi connectivity index (χ4n) is 1.18. The molecular formula is C8H6Cl2N2. The molecule has 0 aliphatic carbocycles. The molecule has 1 heterocycles. The van der Waals surface area contributed by atoms with Crippen LogP contribution in [-0.2, 0) is 0 Å². The molecule has 1 aromatic heterocycles. The Balaban J connectivity index is 2.97. The van der Waals surface area contributed by atoms with E-state index in [4.69, 9.17) is 28.9 Å². The van der Waals surface area contributed by atoms with Gasteiger partial charge in [0.2, 0.25) is 0 Å². The molecular weight excluding hydrogens is 195 g/mol. The summed E-state index contributed by atoms with van der Waals surface area (Å²) in [6.07, 6.45) is 1.78. The lowest BCUT2D eigenvalue weighted by atomic mass is 10.2. The molecule has 62 valence electrons. The van der Waals surface area contributed by atoms with Crippen LogP contribution in [0.4, 0.5) is 5.69 Å². The molecule has 0 saturated heterocycles. The third-order valence-corrected chi connectivity index (χ3v) is 2.40. The molecule has 0 fully saturated rings. The molecule has 0 bridgehead atoms. The minimum atomic E-state index is 0.493. The standard InChI is InChI=1S/C8H6Cl2N2/c9-5-3-6(10)8-4(7(5)11)1-2-12-8/h1-3,12H,11H2. The number of rotatable bonds is 0. The van der Waals surface area contributed by atoms with Crippen LogP contribution in [0.5, 0.6) is 0 Å². The molecule has 0 unspecified atom stereocenters. The summed E-state index contributed by atoms with van der Waals surface area (Å²) in [6.45, 7) is 0. The number of fused-ring (bicyclic) bond motifs is 1. The first kappa shape index (κ1) is 7.77. The van der Waals surface area contributed by atoms with Crippen molar-refractivity contribution in [3.8, 4) is 0 Å². The lowest BCUT2D eigenvalue weighted by Gasteiger charge is -2.00. The first-order chi connectivity index (χ1) is 5.70. The Kier molecular flexibility index (Phi) is 1.67. The second-order valence-electron chi connectivity index (χ2n) is 2.52. The summed E-state index contributed by atoms with van der Waals surface area (Å²) in [5.74, 6) is 0. The SMILES string of the molecule is Nc1c(Cl)cc(Cl)c2[nH]ccc12. The summed E-state index contributed by atoms with van der Waals surface area (Å²) in [7, 11) is 0. The summed E-state index contributed by atoms with van der Waals surface area (Å²) in [5.41, 5.74) is 7.12. The number of anilines is 1. The minimum Gasteiger partial charge on any atom is -0.397 e. The molecule has 2 aromatic rings. The van der Waals surface area contributed by atoms with Gasteiger partial charge in [0, 0.05) is 11.6 Å². The Hall–Kier alpha value is -0.860. The molecule has 0 aliphatic rings.